The summed E-state index contributed by atoms with van der Waals surface area (Å²) < 4.78 is 18.2. The number of ketones is 1. The van der Waals surface area contributed by atoms with Crippen LogP contribution in [0.3, 0.4) is 0 Å². The molecule has 0 saturated heterocycles. The Balaban J connectivity index is 2.16. The fraction of sp³-hybridized carbons (Fsp3) is 0.176. The number of halogens is 1. The van der Waals surface area contributed by atoms with Gasteiger partial charge in [-0.1, -0.05) is 0 Å². The van der Waals surface area contributed by atoms with E-state index in [0.29, 0.717) is 16.9 Å². The van der Waals surface area contributed by atoms with Crippen LogP contribution in [0.5, 0.6) is 5.75 Å². The second kappa shape index (κ2) is 5.97. The molecule has 4 nitrogen and oxygen atoms in total. The van der Waals surface area contributed by atoms with Crippen LogP contribution in [0.4, 0.5) is 4.39 Å². The molecule has 0 bridgehead atoms. The molecule has 1 N–H and O–H groups in total. The van der Waals surface area contributed by atoms with Gasteiger partial charge in [0.1, 0.15) is 11.6 Å². The first-order valence-corrected chi connectivity index (χ1v) is 6.62. The number of carboxylic acid groups (broad SMARTS) is 1. The van der Waals surface area contributed by atoms with Crippen LogP contribution in [0.15, 0.2) is 48.5 Å². The van der Waals surface area contributed by atoms with E-state index in [9.17, 15) is 14.0 Å². The van der Waals surface area contributed by atoms with Crippen LogP contribution in [0.1, 0.15) is 29.8 Å². The minimum atomic E-state index is -1.36. The summed E-state index contributed by atoms with van der Waals surface area (Å²) in [7, 11) is 0. The summed E-state index contributed by atoms with van der Waals surface area (Å²) in [4.78, 5) is 23.2. The van der Waals surface area contributed by atoms with Gasteiger partial charge in [0.25, 0.3) is 0 Å². The maximum absolute atomic E-state index is 12.9. The molecule has 0 aliphatic heterocycles. The van der Waals surface area contributed by atoms with Crippen molar-refractivity contribution in [2.24, 2.45) is 0 Å². The van der Waals surface area contributed by atoms with Crippen LogP contribution in [-0.2, 0) is 4.79 Å². The lowest BCUT2D eigenvalue weighted by Gasteiger charge is -2.21. The highest BCUT2D eigenvalue weighted by Gasteiger charge is 2.29. The predicted octanol–water partition coefficient (Wildman–Crippen LogP) is 3.30. The van der Waals surface area contributed by atoms with E-state index in [1.165, 1.54) is 50.2 Å². The summed E-state index contributed by atoms with van der Waals surface area (Å²) in [6.07, 6.45) is 0. The van der Waals surface area contributed by atoms with Crippen LogP contribution < -0.4 is 4.74 Å². The number of hydrogen-bond acceptors (Lipinski definition) is 3. The van der Waals surface area contributed by atoms with E-state index in [2.05, 4.69) is 0 Å². The maximum Gasteiger partial charge on any atom is 0.347 e. The van der Waals surface area contributed by atoms with Crippen molar-refractivity contribution in [3.8, 4) is 5.75 Å². The second-order valence-corrected chi connectivity index (χ2v) is 5.28. The van der Waals surface area contributed by atoms with Crippen molar-refractivity contribution in [2.75, 3.05) is 0 Å². The van der Waals surface area contributed by atoms with Crippen molar-refractivity contribution < 1.29 is 23.8 Å². The molecule has 22 heavy (non-hydrogen) atoms. The SMILES string of the molecule is CC(C)(Oc1ccc(C(=O)c2ccc(F)cc2)cc1)C(=O)O. The number of ether oxygens (including phenoxy) is 1. The smallest absolute Gasteiger partial charge is 0.347 e. The summed E-state index contributed by atoms with van der Waals surface area (Å²) in [6, 6.07) is 11.4. The van der Waals surface area contributed by atoms with Gasteiger partial charge in [0, 0.05) is 11.1 Å². The number of rotatable bonds is 5. The van der Waals surface area contributed by atoms with Gasteiger partial charge in [-0.3, -0.25) is 4.79 Å². The summed E-state index contributed by atoms with van der Waals surface area (Å²) in [5.74, 6) is -1.39. The average Bonchev–Trinajstić information content (AvgIpc) is 2.47. The fourth-order valence-electron chi connectivity index (χ4n) is 1.78. The van der Waals surface area contributed by atoms with Crippen LogP contribution in [0.25, 0.3) is 0 Å². The minimum absolute atomic E-state index is 0.246. The molecular formula is C17H15FO4. The van der Waals surface area contributed by atoms with Gasteiger partial charge in [0.15, 0.2) is 11.4 Å². The first kappa shape index (κ1) is 15.7. The van der Waals surface area contributed by atoms with E-state index in [0.717, 1.165) is 0 Å². The van der Waals surface area contributed by atoms with Gasteiger partial charge in [-0.05, 0) is 62.4 Å². The molecule has 2 aromatic rings. The molecule has 0 amide bonds. The normalized spacial score (nSPS) is 11.0. The van der Waals surface area contributed by atoms with E-state index < -0.39 is 17.4 Å². The Morgan fingerprint density at radius 2 is 1.41 bits per heavy atom. The Bertz CT molecular complexity index is 688. The molecule has 0 fully saturated rings. The Hall–Kier alpha value is -2.69. The molecule has 0 saturated carbocycles. The van der Waals surface area contributed by atoms with E-state index in [1.807, 2.05) is 0 Å². The van der Waals surface area contributed by atoms with E-state index in [4.69, 9.17) is 9.84 Å². The van der Waals surface area contributed by atoms with Crippen molar-refractivity contribution >= 4 is 11.8 Å². The molecule has 0 aromatic heterocycles. The number of benzene rings is 2. The summed E-state index contributed by atoms with van der Waals surface area (Å²) in [6.45, 7) is 2.87. The Kier molecular flexibility index (Phi) is 4.26. The number of carbonyl (C=O) groups excluding carboxylic acids is 1. The van der Waals surface area contributed by atoms with Crippen LogP contribution in [-0.4, -0.2) is 22.5 Å². The van der Waals surface area contributed by atoms with Crippen molar-refractivity contribution in [1.82, 2.24) is 0 Å². The average molecular weight is 302 g/mol. The Morgan fingerprint density at radius 3 is 1.86 bits per heavy atom. The zero-order valence-corrected chi connectivity index (χ0v) is 12.2. The number of hydrogen-bond donors (Lipinski definition) is 1. The number of aliphatic carboxylic acids is 1. The standard InChI is InChI=1S/C17H15FO4/c1-17(2,16(20)21)22-14-9-5-12(6-10-14)15(19)11-3-7-13(18)8-4-11/h3-10H,1-2H3,(H,20,21). The van der Waals surface area contributed by atoms with Crippen LogP contribution in [0, 0.1) is 5.82 Å². The number of carboxylic acids is 1. The summed E-state index contributed by atoms with van der Waals surface area (Å²) in [5.41, 5.74) is -0.573. The molecule has 114 valence electrons. The minimum Gasteiger partial charge on any atom is -0.478 e. The van der Waals surface area contributed by atoms with Gasteiger partial charge >= 0.3 is 5.97 Å². The molecule has 2 rings (SSSR count). The highest BCUT2D eigenvalue weighted by Crippen LogP contribution is 2.20. The molecular weight excluding hydrogens is 287 g/mol. The second-order valence-electron chi connectivity index (χ2n) is 5.28. The van der Waals surface area contributed by atoms with Crippen LogP contribution in [0.2, 0.25) is 0 Å². The molecule has 0 aliphatic rings. The first-order chi connectivity index (χ1) is 10.3. The van der Waals surface area contributed by atoms with E-state index in [1.54, 1.807) is 12.1 Å². The summed E-state index contributed by atoms with van der Waals surface area (Å²) >= 11 is 0. The topological polar surface area (TPSA) is 63.6 Å². The molecule has 0 radical (unpaired) electrons. The molecule has 0 spiro atoms. The zero-order chi connectivity index (χ0) is 16.3. The number of carbonyl (C=O) groups is 2. The quantitative estimate of drug-likeness (QED) is 0.861. The molecule has 0 unspecified atom stereocenters. The molecule has 0 aliphatic carbocycles. The van der Waals surface area contributed by atoms with Gasteiger partial charge in [0.2, 0.25) is 0 Å². The monoisotopic (exact) mass is 302 g/mol. The largest absolute Gasteiger partial charge is 0.478 e. The van der Waals surface area contributed by atoms with Crippen LogP contribution >= 0.6 is 0 Å². The molecule has 5 heteroatoms. The van der Waals surface area contributed by atoms with Crippen molar-refractivity contribution in [2.45, 2.75) is 19.4 Å². The van der Waals surface area contributed by atoms with Crippen molar-refractivity contribution in [1.29, 1.82) is 0 Å². The van der Waals surface area contributed by atoms with Crippen molar-refractivity contribution in [3.63, 3.8) is 0 Å². The molecule has 2 aromatic carbocycles. The molecule has 0 heterocycles. The summed E-state index contributed by atoms with van der Waals surface area (Å²) in [5, 5.41) is 9.01. The third-order valence-electron chi connectivity index (χ3n) is 3.11. The third kappa shape index (κ3) is 3.49. The Labute approximate surface area is 127 Å². The lowest BCUT2D eigenvalue weighted by molar-refractivity contribution is -0.152. The Morgan fingerprint density at radius 1 is 0.955 bits per heavy atom. The van der Waals surface area contributed by atoms with Crippen molar-refractivity contribution in [3.05, 3.63) is 65.5 Å². The van der Waals surface area contributed by atoms with Gasteiger partial charge in [-0.15, -0.1) is 0 Å². The third-order valence-corrected chi connectivity index (χ3v) is 3.11. The van der Waals surface area contributed by atoms with Gasteiger partial charge in [-0.25, -0.2) is 9.18 Å². The lowest BCUT2D eigenvalue weighted by atomic mass is 10.0. The lowest BCUT2D eigenvalue weighted by Crippen LogP contribution is -2.37. The first-order valence-electron chi connectivity index (χ1n) is 6.62. The highest BCUT2D eigenvalue weighted by molar-refractivity contribution is 6.09. The van der Waals surface area contributed by atoms with Gasteiger partial charge < -0.3 is 9.84 Å². The van der Waals surface area contributed by atoms with E-state index in [-0.39, 0.29) is 5.78 Å². The maximum atomic E-state index is 12.9. The fourth-order valence-corrected chi connectivity index (χ4v) is 1.78. The molecule has 0 atom stereocenters. The van der Waals surface area contributed by atoms with Gasteiger partial charge in [0.05, 0.1) is 0 Å². The predicted molar refractivity (Wildman–Crippen MR) is 78.6 cm³/mol. The highest BCUT2D eigenvalue weighted by atomic mass is 19.1. The zero-order valence-electron chi connectivity index (χ0n) is 12.2. The van der Waals surface area contributed by atoms with Gasteiger partial charge in [-0.2, -0.15) is 0 Å². The van der Waals surface area contributed by atoms with E-state index >= 15 is 0 Å².